The van der Waals surface area contributed by atoms with Gasteiger partial charge in [0.2, 0.25) is 0 Å². The SMILES string of the molecule is COc1ccc(C(=O)N(C)Cc2nonc2C)c(OCCN)c1. The molecule has 0 aliphatic carbocycles. The summed E-state index contributed by atoms with van der Waals surface area (Å²) in [6.45, 7) is 2.72. The number of aromatic nitrogens is 2. The van der Waals surface area contributed by atoms with E-state index in [9.17, 15) is 4.79 Å². The van der Waals surface area contributed by atoms with Crippen LogP contribution in [0.5, 0.6) is 11.5 Å². The molecular formula is C15H20N4O4. The number of carbonyl (C=O) groups excluding carboxylic acids is 1. The molecule has 0 atom stereocenters. The summed E-state index contributed by atoms with van der Waals surface area (Å²) in [5, 5.41) is 7.49. The Kier molecular flexibility index (Phi) is 5.53. The zero-order valence-electron chi connectivity index (χ0n) is 13.4. The number of ether oxygens (including phenoxy) is 2. The van der Waals surface area contributed by atoms with E-state index in [4.69, 9.17) is 15.2 Å². The van der Waals surface area contributed by atoms with E-state index in [-0.39, 0.29) is 12.5 Å². The maximum atomic E-state index is 12.7. The highest BCUT2D eigenvalue weighted by molar-refractivity contribution is 5.97. The average molecular weight is 320 g/mol. The number of hydrogen-bond acceptors (Lipinski definition) is 7. The average Bonchev–Trinajstić information content (AvgIpc) is 2.96. The first-order valence-electron chi connectivity index (χ1n) is 7.11. The normalized spacial score (nSPS) is 10.4. The largest absolute Gasteiger partial charge is 0.497 e. The van der Waals surface area contributed by atoms with Gasteiger partial charge in [0.25, 0.3) is 5.91 Å². The molecule has 1 heterocycles. The predicted molar refractivity (Wildman–Crippen MR) is 82.4 cm³/mol. The number of methoxy groups -OCH3 is 1. The minimum Gasteiger partial charge on any atom is -0.497 e. The van der Waals surface area contributed by atoms with Gasteiger partial charge in [0, 0.05) is 19.7 Å². The third kappa shape index (κ3) is 3.98. The van der Waals surface area contributed by atoms with Gasteiger partial charge in [-0.15, -0.1) is 0 Å². The van der Waals surface area contributed by atoms with E-state index in [1.165, 1.54) is 4.90 Å². The molecule has 1 aromatic carbocycles. The molecule has 0 radical (unpaired) electrons. The van der Waals surface area contributed by atoms with Gasteiger partial charge in [-0.1, -0.05) is 10.3 Å². The minimum atomic E-state index is -0.206. The summed E-state index contributed by atoms with van der Waals surface area (Å²) in [6.07, 6.45) is 0. The second-order valence-electron chi connectivity index (χ2n) is 4.96. The minimum absolute atomic E-state index is 0.206. The van der Waals surface area contributed by atoms with E-state index in [0.29, 0.717) is 41.6 Å². The van der Waals surface area contributed by atoms with Crippen LogP contribution in [-0.4, -0.2) is 48.4 Å². The van der Waals surface area contributed by atoms with E-state index in [2.05, 4.69) is 14.9 Å². The Morgan fingerprint density at radius 3 is 2.78 bits per heavy atom. The number of carbonyl (C=O) groups is 1. The monoisotopic (exact) mass is 320 g/mol. The molecule has 0 fully saturated rings. The van der Waals surface area contributed by atoms with Gasteiger partial charge in [-0.25, -0.2) is 4.63 Å². The lowest BCUT2D eigenvalue weighted by atomic mass is 10.1. The first-order valence-corrected chi connectivity index (χ1v) is 7.11. The Morgan fingerprint density at radius 1 is 1.39 bits per heavy atom. The smallest absolute Gasteiger partial charge is 0.257 e. The van der Waals surface area contributed by atoms with Crippen LogP contribution in [-0.2, 0) is 6.54 Å². The van der Waals surface area contributed by atoms with Crippen LogP contribution in [0.4, 0.5) is 0 Å². The number of aryl methyl sites for hydroxylation is 1. The molecule has 2 aromatic rings. The summed E-state index contributed by atoms with van der Waals surface area (Å²) in [5.41, 5.74) is 7.15. The summed E-state index contributed by atoms with van der Waals surface area (Å²) in [4.78, 5) is 14.2. The Morgan fingerprint density at radius 2 is 2.17 bits per heavy atom. The van der Waals surface area contributed by atoms with E-state index in [1.54, 1.807) is 39.3 Å². The van der Waals surface area contributed by atoms with Crippen LogP contribution < -0.4 is 15.2 Å². The first-order chi connectivity index (χ1) is 11.1. The second kappa shape index (κ2) is 7.59. The molecule has 0 spiro atoms. The highest BCUT2D eigenvalue weighted by Crippen LogP contribution is 2.26. The van der Waals surface area contributed by atoms with Crippen molar-refractivity contribution in [2.75, 3.05) is 27.3 Å². The molecule has 0 saturated heterocycles. The molecule has 0 saturated carbocycles. The van der Waals surface area contributed by atoms with Crippen molar-refractivity contribution in [1.82, 2.24) is 15.2 Å². The summed E-state index contributed by atoms with van der Waals surface area (Å²) in [6, 6.07) is 5.04. The molecule has 2 rings (SSSR count). The summed E-state index contributed by atoms with van der Waals surface area (Å²) in [5.74, 6) is 0.830. The fourth-order valence-electron chi connectivity index (χ4n) is 1.99. The lowest BCUT2D eigenvalue weighted by Gasteiger charge is -2.18. The molecule has 23 heavy (non-hydrogen) atoms. The van der Waals surface area contributed by atoms with Crippen LogP contribution in [0.15, 0.2) is 22.8 Å². The van der Waals surface area contributed by atoms with Gasteiger partial charge in [0.1, 0.15) is 29.5 Å². The van der Waals surface area contributed by atoms with Crippen molar-refractivity contribution in [3.8, 4) is 11.5 Å². The van der Waals surface area contributed by atoms with Crippen LogP contribution >= 0.6 is 0 Å². The molecule has 1 aromatic heterocycles. The molecule has 0 aliphatic heterocycles. The summed E-state index contributed by atoms with van der Waals surface area (Å²) in [7, 11) is 3.23. The van der Waals surface area contributed by atoms with Crippen LogP contribution in [0.2, 0.25) is 0 Å². The van der Waals surface area contributed by atoms with Gasteiger partial charge in [-0.3, -0.25) is 4.79 Å². The second-order valence-corrected chi connectivity index (χ2v) is 4.96. The van der Waals surface area contributed by atoms with Gasteiger partial charge in [-0.2, -0.15) is 0 Å². The van der Waals surface area contributed by atoms with E-state index < -0.39 is 0 Å². The number of nitrogens with two attached hydrogens (primary N) is 1. The molecule has 0 bridgehead atoms. The van der Waals surface area contributed by atoms with Gasteiger partial charge < -0.3 is 20.1 Å². The zero-order chi connectivity index (χ0) is 16.8. The topological polar surface area (TPSA) is 104 Å². The number of nitrogens with zero attached hydrogens (tertiary/aromatic N) is 3. The molecule has 2 N–H and O–H groups in total. The van der Waals surface area contributed by atoms with Crippen molar-refractivity contribution in [3.63, 3.8) is 0 Å². The first kappa shape index (κ1) is 16.8. The Bertz CT molecular complexity index is 671. The van der Waals surface area contributed by atoms with Crippen molar-refractivity contribution in [2.45, 2.75) is 13.5 Å². The number of hydrogen-bond donors (Lipinski definition) is 1. The van der Waals surface area contributed by atoms with E-state index in [1.807, 2.05) is 0 Å². The van der Waals surface area contributed by atoms with Crippen LogP contribution in [0, 0.1) is 6.92 Å². The van der Waals surface area contributed by atoms with Crippen molar-refractivity contribution in [3.05, 3.63) is 35.2 Å². The lowest BCUT2D eigenvalue weighted by Crippen LogP contribution is -2.27. The van der Waals surface area contributed by atoms with E-state index in [0.717, 1.165) is 0 Å². The number of amides is 1. The fraction of sp³-hybridized carbons (Fsp3) is 0.400. The van der Waals surface area contributed by atoms with Gasteiger partial charge >= 0.3 is 0 Å². The molecule has 124 valence electrons. The summed E-state index contributed by atoms with van der Waals surface area (Å²) >= 11 is 0. The Hall–Kier alpha value is -2.61. The summed E-state index contributed by atoms with van der Waals surface area (Å²) < 4.78 is 15.4. The maximum Gasteiger partial charge on any atom is 0.257 e. The number of rotatable bonds is 7. The van der Waals surface area contributed by atoms with Crippen LogP contribution in [0.25, 0.3) is 0 Å². The maximum absolute atomic E-state index is 12.7. The third-order valence-electron chi connectivity index (χ3n) is 3.27. The van der Waals surface area contributed by atoms with Crippen molar-refractivity contribution >= 4 is 5.91 Å². The highest BCUT2D eigenvalue weighted by Gasteiger charge is 2.20. The lowest BCUT2D eigenvalue weighted by molar-refractivity contribution is 0.0777. The van der Waals surface area contributed by atoms with Crippen molar-refractivity contribution in [2.24, 2.45) is 5.73 Å². The van der Waals surface area contributed by atoms with Crippen LogP contribution in [0.1, 0.15) is 21.7 Å². The standard InChI is InChI=1S/C15H20N4O4/c1-10-13(18-23-17-10)9-19(2)15(20)12-5-4-11(21-3)8-14(12)22-7-6-16/h4-5,8H,6-7,9,16H2,1-3H3. The van der Waals surface area contributed by atoms with Gasteiger partial charge in [-0.05, 0) is 19.1 Å². The molecule has 1 amide bonds. The molecule has 8 heteroatoms. The van der Waals surface area contributed by atoms with E-state index >= 15 is 0 Å². The van der Waals surface area contributed by atoms with Crippen molar-refractivity contribution in [1.29, 1.82) is 0 Å². The molecule has 0 unspecified atom stereocenters. The Balaban J connectivity index is 2.21. The third-order valence-corrected chi connectivity index (χ3v) is 3.27. The fourth-order valence-corrected chi connectivity index (χ4v) is 1.99. The van der Waals surface area contributed by atoms with Gasteiger partial charge in [0.15, 0.2) is 0 Å². The highest BCUT2D eigenvalue weighted by atomic mass is 16.6. The van der Waals surface area contributed by atoms with Crippen LogP contribution in [0.3, 0.4) is 0 Å². The quantitative estimate of drug-likeness (QED) is 0.811. The predicted octanol–water partition coefficient (Wildman–Crippen LogP) is 0.996. The molecule has 0 aliphatic rings. The Labute approximate surface area is 134 Å². The molecule has 8 nitrogen and oxygen atoms in total. The van der Waals surface area contributed by atoms with Crippen molar-refractivity contribution < 1.29 is 18.9 Å². The number of benzene rings is 1. The molecular weight excluding hydrogens is 300 g/mol. The zero-order valence-corrected chi connectivity index (χ0v) is 13.4. The van der Waals surface area contributed by atoms with Gasteiger partial charge in [0.05, 0.1) is 19.2 Å².